The molecule has 0 radical (unpaired) electrons. The van der Waals surface area contributed by atoms with Gasteiger partial charge in [-0.15, -0.1) is 0 Å². The fourth-order valence-electron chi connectivity index (χ4n) is 1.44. The molecule has 0 aliphatic rings. The third-order valence-electron chi connectivity index (χ3n) is 2.38. The molecule has 5 heteroatoms. The van der Waals surface area contributed by atoms with Crippen LogP contribution in [0.25, 0.3) is 0 Å². The summed E-state index contributed by atoms with van der Waals surface area (Å²) in [5.41, 5.74) is 1.61. The molecule has 1 aromatic heterocycles. The Balaban J connectivity index is 2.28. The Kier molecular flexibility index (Phi) is 4.07. The Morgan fingerprint density at radius 3 is 2.67 bits per heavy atom. The molecule has 0 saturated carbocycles. The van der Waals surface area contributed by atoms with Gasteiger partial charge >= 0.3 is 0 Å². The zero-order valence-corrected chi connectivity index (χ0v) is 11.2. The van der Waals surface area contributed by atoms with Crippen LogP contribution in [0, 0.1) is 6.92 Å². The van der Waals surface area contributed by atoms with Crippen LogP contribution in [0.15, 0.2) is 30.5 Å². The number of aromatic nitrogens is 1. The third kappa shape index (κ3) is 2.93. The fraction of sp³-hybridized carbons (Fsp3) is 0.154. The van der Waals surface area contributed by atoms with Crippen LogP contribution in [-0.4, -0.2) is 10.1 Å². The molecule has 1 heterocycles. The molecule has 18 heavy (non-hydrogen) atoms. The molecular formula is C13H11Cl2NO2. The van der Waals surface area contributed by atoms with Gasteiger partial charge in [0.05, 0.1) is 16.7 Å². The van der Waals surface area contributed by atoms with Crippen molar-refractivity contribution in [3.63, 3.8) is 0 Å². The molecule has 0 bridgehead atoms. The lowest BCUT2D eigenvalue weighted by Gasteiger charge is -2.08. The Bertz CT molecular complexity index is 573. The van der Waals surface area contributed by atoms with Crippen LogP contribution in [0.3, 0.4) is 0 Å². The van der Waals surface area contributed by atoms with E-state index in [0.29, 0.717) is 27.2 Å². The maximum absolute atomic E-state index is 9.11. The average Bonchev–Trinajstić information content (AvgIpc) is 2.35. The first kappa shape index (κ1) is 13.1. The number of nitrogens with zero attached hydrogens (tertiary/aromatic N) is 1. The number of benzene rings is 1. The van der Waals surface area contributed by atoms with E-state index < -0.39 is 0 Å². The summed E-state index contributed by atoms with van der Waals surface area (Å²) < 4.78 is 5.55. The predicted octanol–water partition coefficient (Wildman–Crippen LogP) is 3.98. The maximum atomic E-state index is 9.11. The molecule has 0 amide bonds. The van der Waals surface area contributed by atoms with Gasteiger partial charge in [-0.3, -0.25) is 0 Å². The molecule has 2 aromatic rings. The summed E-state index contributed by atoms with van der Waals surface area (Å²) in [5.74, 6) is 0.857. The third-order valence-corrected chi connectivity index (χ3v) is 3.02. The van der Waals surface area contributed by atoms with E-state index in [2.05, 4.69) is 4.98 Å². The number of rotatable bonds is 3. The van der Waals surface area contributed by atoms with Gasteiger partial charge in [-0.25, -0.2) is 4.98 Å². The molecule has 1 aromatic carbocycles. The van der Waals surface area contributed by atoms with Gasteiger partial charge in [-0.05, 0) is 24.6 Å². The van der Waals surface area contributed by atoms with Crippen molar-refractivity contribution >= 4 is 23.2 Å². The van der Waals surface area contributed by atoms with Crippen LogP contribution in [-0.2, 0) is 6.61 Å². The smallest absolute Gasteiger partial charge is 0.219 e. The van der Waals surface area contributed by atoms with Crippen LogP contribution in [0.5, 0.6) is 11.6 Å². The van der Waals surface area contributed by atoms with E-state index in [1.165, 1.54) is 6.20 Å². The van der Waals surface area contributed by atoms with E-state index in [4.69, 9.17) is 33.0 Å². The van der Waals surface area contributed by atoms with E-state index in [1.807, 2.05) is 13.0 Å². The average molecular weight is 284 g/mol. The van der Waals surface area contributed by atoms with Crippen LogP contribution < -0.4 is 4.74 Å². The minimum absolute atomic E-state index is 0.167. The van der Waals surface area contributed by atoms with Crippen molar-refractivity contribution in [2.24, 2.45) is 0 Å². The summed E-state index contributed by atoms with van der Waals surface area (Å²) in [6.07, 6.45) is 1.44. The van der Waals surface area contributed by atoms with Crippen molar-refractivity contribution < 1.29 is 9.84 Å². The molecule has 1 N–H and O–H groups in total. The maximum Gasteiger partial charge on any atom is 0.219 e. The Labute approximate surface area is 115 Å². The van der Waals surface area contributed by atoms with Gasteiger partial charge in [0.25, 0.3) is 0 Å². The zero-order chi connectivity index (χ0) is 13.1. The number of aliphatic hydroxyl groups is 1. The first-order valence-corrected chi connectivity index (χ1v) is 6.05. The minimum atomic E-state index is -0.167. The second-order valence-electron chi connectivity index (χ2n) is 3.81. The number of aryl methyl sites for hydroxylation is 1. The van der Waals surface area contributed by atoms with Crippen LogP contribution in [0.2, 0.25) is 10.0 Å². The lowest BCUT2D eigenvalue weighted by Crippen LogP contribution is -1.92. The minimum Gasteiger partial charge on any atom is -0.437 e. The molecule has 3 nitrogen and oxygen atoms in total. The summed E-state index contributed by atoms with van der Waals surface area (Å²) in [4.78, 5) is 4.02. The largest absolute Gasteiger partial charge is 0.437 e. The van der Waals surface area contributed by atoms with Gasteiger partial charge in [0.1, 0.15) is 5.75 Å². The molecule has 2 rings (SSSR count). The Morgan fingerprint density at radius 1 is 1.22 bits per heavy atom. The normalized spacial score (nSPS) is 10.4. The van der Waals surface area contributed by atoms with E-state index in [9.17, 15) is 0 Å². The molecule has 0 aliphatic heterocycles. The van der Waals surface area contributed by atoms with E-state index >= 15 is 0 Å². The molecule has 0 fully saturated rings. The SMILES string of the molecule is Cc1ccc(Oc2cc(CO)c(Cl)cn2)c(Cl)c1. The Hall–Kier alpha value is -1.29. The summed E-state index contributed by atoms with van der Waals surface area (Å²) in [6.45, 7) is 1.78. The van der Waals surface area contributed by atoms with Gasteiger partial charge in [0.15, 0.2) is 0 Å². The van der Waals surface area contributed by atoms with Gasteiger partial charge in [-0.2, -0.15) is 0 Å². The van der Waals surface area contributed by atoms with Gasteiger partial charge in [-0.1, -0.05) is 29.3 Å². The molecule has 0 saturated heterocycles. The van der Waals surface area contributed by atoms with Crippen LogP contribution in [0.1, 0.15) is 11.1 Å². The fourth-order valence-corrected chi connectivity index (χ4v) is 1.87. The summed E-state index contributed by atoms with van der Waals surface area (Å²) >= 11 is 11.9. The lowest BCUT2D eigenvalue weighted by molar-refractivity contribution is 0.281. The highest BCUT2D eigenvalue weighted by Gasteiger charge is 2.07. The van der Waals surface area contributed by atoms with Crippen LogP contribution in [0.4, 0.5) is 0 Å². The zero-order valence-electron chi connectivity index (χ0n) is 9.65. The molecular weight excluding hydrogens is 273 g/mol. The molecule has 0 spiro atoms. The summed E-state index contributed by atoms with van der Waals surface area (Å²) in [5, 5.41) is 10.0. The number of hydrogen-bond acceptors (Lipinski definition) is 3. The van der Waals surface area contributed by atoms with Crippen molar-refractivity contribution in [1.29, 1.82) is 0 Å². The van der Waals surface area contributed by atoms with Gasteiger partial charge in [0, 0.05) is 17.8 Å². The molecule has 0 unspecified atom stereocenters. The number of ether oxygens (including phenoxy) is 1. The van der Waals surface area contributed by atoms with Gasteiger partial charge in [0.2, 0.25) is 5.88 Å². The highest BCUT2D eigenvalue weighted by Crippen LogP contribution is 2.30. The predicted molar refractivity (Wildman–Crippen MR) is 71.4 cm³/mol. The molecule has 94 valence electrons. The summed E-state index contributed by atoms with van der Waals surface area (Å²) in [7, 11) is 0. The van der Waals surface area contributed by atoms with Crippen molar-refractivity contribution in [2.75, 3.05) is 0 Å². The lowest BCUT2D eigenvalue weighted by atomic mass is 10.2. The van der Waals surface area contributed by atoms with Crippen molar-refractivity contribution in [1.82, 2.24) is 4.98 Å². The summed E-state index contributed by atoms with van der Waals surface area (Å²) in [6, 6.07) is 7.05. The first-order chi connectivity index (χ1) is 8.60. The van der Waals surface area contributed by atoms with Crippen molar-refractivity contribution in [2.45, 2.75) is 13.5 Å². The topological polar surface area (TPSA) is 42.4 Å². The molecule has 0 atom stereocenters. The standard InChI is InChI=1S/C13H11Cl2NO2/c1-8-2-3-12(10(14)4-8)18-13-5-9(7-17)11(15)6-16-13/h2-6,17H,7H2,1H3. The number of aliphatic hydroxyl groups excluding tert-OH is 1. The second kappa shape index (κ2) is 5.57. The van der Waals surface area contributed by atoms with Gasteiger partial charge < -0.3 is 9.84 Å². The van der Waals surface area contributed by atoms with E-state index in [-0.39, 0.29) is 6.61 Å². The Morgan fingerprint density at radius 2 is 2.00 bits per heavy atom. The van der Waals surface area contributed by atoms with Crippen LogP contribution >= 0.6 is 23.2 Å². The number of pyridine rings is 1. The van der Waals surface area contributed by atoms with Crippen molar-refractivity contribution in [3.8, 4) is 11.6 Å². The monoisotopic (exact) mass is 283 g/mol. The second-order valence-corrected chi connectivity index (χ2v) is 4.62. The van der Waals surface area contributed by atoms with Crippen molar-refractivity contribution in [3.05, 3.63) is 51.6 Å². The quantitative estimate of drug-likeness (QED) is 0.926. The van der Waals surface area contributed by atoms with E-state index in [0.717, 1.165) is 5.56 Å². The highest BCUT2D eigenvalue weighted by molar-refractivity contribution is 6.32. The number of hydrogen-bond donors (Lipinski definition) is 1. The highest BCUT2D eigenvalue weighted by atomic mass is 35.5. The first-order valence-electron chi connectivity index (χ1n) is 5.29. The molecule has 0 aliphatic carbocycles. The number of halogens is 2. The van der Waals surface area contributed by atoms with E-state index in [1.54, 1.807) is 18.2 Å².